The highest BCUT2D eigenvalue weighted by molar-refractivity contribution is 5.40. The van der Waals surface area contributed by atoms with Crippen molar-refractivity contribution in [3.63, 3.8) is 0 Å². The Morgan fingerprint density at radius 3 is 2.95 bits per heavy atom. The number of hydrogen-bond acceptors (Lipinski definition) is 3. The summed E-state index contributed by atoms with van der Waals surface area (Å²) in [4.78, 5) is 4.35. The third-order valence-electron chi connectivity index (χ3n) is 5.63. The minimum absolute atomic E-state index is 0.506. The molecule has 0 saturated heterocycles. The van der Waals surface area contributed by atoms with Gasteiger partial charge in [-0.2, -0.15) is 5.26 Å². The second kappa shape index (κ2) is 4.23. The number of nitrogens with zero attached hydrogens (tertiary/aromatic N) is 2. The van der Waals surface area contributed by atoms with Gasteiger partial charge in [-0.05, 0) is 61.5 Å². The predicted octanol–water partition coefficient (Wildman–Crippen LogP) is 3.19. The third kappa shape index (κ3) is 1.74. The van der Waals surface area contributed by atoms with Crippen LogP contribution in [-0.4, -0.2) is 11.0 Å². The van der Waals surface area contributed by atoms with Crippen LogP contribution in [0.1, 0.15) is 37.8 Å². The summed E-state index contributed by atoms with van der Waals surface area (Å²) in [5.41, 5.74) is 0.506. The minimum atomic E-state index is 0.506. The summed E-state index contributed by atoms with van der Waals surface area (Å²) in [6.07, 6.45) is 7.09. The van der Waals surface area contributed by atoms with E-state index in [1.165, 1.54) is 32.1 Å². The van der Waals surface area contributed by atoms with E-state index < -0.39 is 0 Å². The summed E-state index contributed by atoms with van der Waals surface area (Å²) in [6.45, 7) is 0. The van der Waals surface area contributed by atoms with Crippen LogP contribution in [0.3, 0.4) is 0 Å². The Kier molecular flexibility index (Phi) is 2.51. The van der Waals surface area contributed by atoms with Crippen LogP contribution >= 0.6 is 0 Å². The summed E-state index contributed by atoms with van der Waals surface area (Å²) in [6, 6.07) is 8.36. The van der Waals surface area contributed by atoms with Crippen LogP contribution in [-0.2, 0) is 0 Å². The van der Waals surface area contributed by atoms with Crippen LogP contribution in [0.5, 0.6) is 0 Å². The Bertz CT molecular complexity index is 533. The van der Waals surface area contributed by atoms with Gasteiger partial charge in [0.25, 0.3) is 0 Å². The molecule has 0 spiro atoms. The molecular formula is C16H19N3. The zero-order valence-electron chi connectivity index (χ0n) is 11.0. The zero-order chi connectivity index (χ0) is 12.8. The van der Waals surface area contributed by atoms with E-state index in [4.69, 9.17) is 5.26 Å². The number of hydrogen-bond donors (Lipinski definition) is 1. The van der Waals surface area contributed by atoms with Gasteiger partial charge in [0.2, 0.25) is 0 Å². The van der Waals surface area contributed by atoms with Crippen molar-refractivity contribution in [2.24, 2.45) is 23.7 Å². The normalized spacial score (nSPS) is 39.0. The topological polar surface area (TPSA) is 48.7 Å². The first kappa shape index (κ1) is 11.3. The van der Waals surface area contributed by atoms with Gasteiger partial charge < -0.3 is 5.32 Å². The van der Waals surface area contributed by atoms with E-state index in [9.17, 15) is 0 Å². The molecular weight excluding hydrogens is 234 g/mol. The van der Waals surface area contributed by atoms with Gasteiger partial charge in [-0.1, -0.05) is 12.5 Å². The van der Waals surface area contributed by atoms with Crippen LogP contribution in [0.4, 0.5) is 5.82 Å². The lowest BCUT2D eigenvalue weighted by Crippen LogP contribution is -2.34. The van der Waals surface area contributed by atoms with E-state index in [1.54, 1.807) is 6.07 Å². The average molecular weight is 253 g/mol. The quantitative estimate of drug-likeness (QED) is 0.880. The van der Waals surface area contributed by atoms with E-state index >= 15 is 0 Å². The molecule has 1 aromatic rings. The second-order valence-electron chi connectivity index (χ2n) is 6.42. The number of rotatable bonds is 2. The molecule has 5 unspecified atom stereocenters. The van der Waals surface area contributed by atoms with Gasteiger partial charge in [0, 0.05) is 6.04 Å². The molecule has 1 heterocycles. The molecule has 0 aliphatic heterocycles. The van der Waals surface area contributed by atoms with Gasteiger partial charge in [-0.3, -0.25) is 0 Å². The van der Waals surface area contributed by atoms with Gasteiger partial charge >= 0.3 is 0 Å². The lowest BCUT2D eigenvalue weighted by Gasteiger charge is -2.32. The molecule has 1 aromatic heterocycles. The molecule has 98 valence electrons. The predicted molar refractivity (Wildman–Crippen MR) is 73.4 cm³/mol. The first-order valence-electron chi connectivity index (χ1n) is 7.49. The van der Waals surface area contributed by atoms with Crippen molar-refractivity contribution in [1.29, 1.82) is 5.26 Å². The van der Waals surface area contributed by atoms with Gasteiger partial charge in [0.15, 0.2) is 0 Å². The fourth-order valence-electron chi connectivity index (χ4n) is 5.00. The van der Waals surface area contributed by atoms with E-state index in [2.05, 4.69) is 16.4 Å². The fourth-order valence-corrected chi connectivity index (χ4v) is 5.00. The van der Waals surface area contributed by atoms with Crippen molar-refractivity contribution in [2.75, 3.05) is 5.32 Å². The molecule has 0 radical (unpaired) electrons. The van der Waals surface area contributed by atoms with E-state index in [0.29, 0.717) is 11.7 Å². The largest absolute Gasteiger partial charge is 0.367 e. The lowest BCUT2D eigenvalue weighted by molar-refractivity contribution is 0.243. The van der Waals surface area contributed by atoms with Gasteiger partial charge in [0.1, 0.15) is 17.6 Å². The van der Waals surface area contributed by atoms with Crippen molar-refractivity contribution < 1.29 is 0 Å². The molecule has 3 aliphatic carbocycles. The molecule has 0 aromatic carbocycles. The van der Waals surface area contributed by atoms with Gasteiger partial charge in [-0.15, -0.1) is 0 Å². The summed E-state index contributed by atoms with van der Waals surface area (Å²) in [7, 11) is 0. The van der Waals surface area contributed by atoms with Crippen LogP contribution in [0, 0.1) is 35.0 Å². The molecule has 19 heavy (non-hydrogen) atoms. The molecule has 2 bridgehead atoms. The summed E-state index contributed by atoms with van der Waals surface area (Å²) in [5.74, 6) is 4.68. The summed E-state index contributed by atoms with van der Waals surface area (Å²) in [5, 5.41) is 12.5. The van der Waals surface area contributed by atoms with Crippen LogP contribution < -0.4 is 5.32 Å². The Morgan fingerprint density at radius 2 is 2.05 bits per heavy atom. The number of anilines is 1. The molecule has 3 saturated carbocycles. The van der Waals surface area contributed by atoms with Gasteiger partial charge in [0.05, 0.1) is 0 Å². The average Bonchev–Trinajstić information content (AvgIpc) is 3.10. The summed E-state index contributed by atoms with van der Waals surface area (Å²) >= 11 is 0. The molecule has 1 N–H and O–H groups in total. The van der Waals surface area contributed by atoms with E-state index in [-0.39, 0.29) is 0 Å². The third-order valence-corrected chi connectivity index (χ3v) is 5.63. The smallest absolute Gasteiger partial charge is 0.142 e. The monoisotopic (exact) mass is 253 g/mol. The van der Waals surface area contributed by atoms with Crippen molar-refractivity contribution >= 4 is 5.82 Å². The highest BCUT2D eigenvalue weighted by Crippen LogP contribution is 2.59. The number of nitriles is 1. The first-order chi connectivity index (χ1) is 9.35. The van der Waals surface area contributed by atoms with Gasteiger partial charge in [-0.25, -0.2) is 4.98 Å². The highest BCUT2D eigenvalue weighted by atomic mass is 15.0. The van der Waals surface area contributed by atoms with Crippen molar-refractivity contribution in [3.05, 3.63) is 23.9 Å². The van der Waals surface area contributed by atoms with Crippen molar-refractivity contribution in [3.8, 4) is 6.07 Å². The fraction of sp³-hybridized carbons (Fsp3) is 0.625. The Labute approximate surface area is 114 Å². The molecule has 3 nitrogen and oxygen atoms in total. The van der Waals surface area contributed by atoms with Crippen LogP contribution in [0.2, 0.25) is 0 Å². The summed E-state index contributed by atoms with van der Waals surface area (Å²) < 4.78 is 0. The Morgan fingerprint density at radius 1 is 1.16 bits per heavy atom. The maximum atomic E-state index is 8.91. The number of fused-ring (bicyclic) bond motifs is 5. The second-order valence-corrected chi connectivity index (χ2v) is 6.42. The van der Waals surface area contributed by atoms with E-state index in [1.807, 2.05) is 12.1 Å². The van der Waals surface area contributed by atoms with Crippen LogP contribution in [0.25, 0.3) is 0 Å². The SMILES string of the molecule is N#Cc1cccc(NC2CC3CC2C2CCCC32)n1. The molecule has 3 heteroatoms. The number of pyridine rings is 1. The standard InChI is InChI=1S/C16H19N3/c17-9-11-3-1-6-16(18-11)19-15-8-10-7-14(15)13-5-2-4-12(10)13/h1,3,6,10,12-15H,2,4-5,7-8H2,(H,18,19). The van der Waals surface area contributed by atoms with Crippen molar-refractivity contribution in [2.45, 2.75) is 38.1 Å². The Balaban J connectivity index is 1.51. The molecule has 0 amide bonds. The number of aromatic nitrogens is 1. The molecule has 3 aliphatic rings. The lowest BCUT2D eigenvalue weighted by atomic mass is 9.79. The number of nitrogens with one attached hydrogen (secondary N) is 1. The van der Waals surface area contributed by atoms with E-state index in [0.717, 1.165) is 29.5 Å². The maximum Gasteiger partial charge on any atom is 0.142 e. The molecule has 4 rings (SSSR count). The Hall–Kier alpha value is -1.56. The highest BCUT2D eigenvalue weighted by Gasteiger charge is 2.53. The maximum absolute atomic E-state index is 8.91. The molecule has 5 atom stereocenters. The zero-order valence-corrected chi connectivity index (χ0v) is 11.0. The molecule has 3 fully saturated rings. The first-order valence-corrected chi connectivity index (χ1v) is 7.49. The van der Waals surface area contributed by atoms with Crippen LogP contribution in [0.15, 0.2) is 18.2 Å². The van der Waals surface area contributed by atoms with Crippen molar-refractivity contribution in [1.82, 2.24) is 4.98 Å². The minimum Gasteiger partial charge on any atom is -0.367 e.